The van der Waals surface area contributed by atoms with Crippen molar-refractivity contribution in [1.82, 2.24) is 29.7 Å². The van der Waals surface area contributed by atoms with E-state index >= 15 is 0 Å². The maximum absolute atomic E-state index is 12.8. The number of H-pyrrole nitrogens is 2. The number of carbonyl (C=O) groups excluding carboxylic acids is 2. The van der Waals surface area contributed by atoms with E-state index in [9.17, 15) is 9.59 Å². The van der Waals surface area contributed by atoms with E-state index in [0.717, 1.165) is 67.1 Å². The van der Waals surface area contributed by atoms with Crippen molar-refractivity contribution >= 4 is 23.3 Å². The van der Waals surface area contributed by atoms with Crippen molar-refractivity contribution in [2.45, 2.75) is 103 Å². The molecule has 10 nitrogen and oxygen atoms in total. The number of carbonyl (C=O) groups is 2. The molecule has 2 aliphatic heterocycles. The van der Waals surface area contributed by atoms with Gasteiger partial charge in [-0.2, -0.15) is 0 Å². The first-order chi connectivity index (χ1) is 21.8. The zero-order chi connectivity index (χ0) is 32.6. The lowest BCUT2D eigenvalue weighted by Crippen LogP contribution is -2.36. The number of benzene rings is 1. The minimum absolute atomic E-state index is 0.0922. The van der Waals surface area contributed by atoms with Crippen molar-refractivity contribution in [3.05, 3.63) is 71.7 Å². The number of aromatic nitrogens is 4. The number of nitrogens with one attached hydrogen (secondary N) is 2. The molecule has 46 heavy (non-hydrogen) atoms. The van der Waals surface area contributed by atoms with Crippen LogP contribution in [0.25, 0.3) is 22.4 Å². The molecule has 2 saturated heterocycles. The van der Waals surface area contributed by atoms with Crippen LogP contribution in [-0.2, 0) is 9.47 Å². The molecule has 4 heterocycles. The van der Waals surface area contributed by atoms with Crippen LogP contribution < -0.4 is 0 Å². The van der Waals surface area contributed by atoms with Gasteiger partial charge in [-0.15, -0.1) is 0 Å². The zero-order valence-corrected chi connectivity index (χ0v) is 27.9. The van der Waals surface area contributed by atoms with Crippen molar-refractivity contribution in [2.75, 3.05) is 13.1 Å². The Labute approximate surface area is 271 Å². The highest BCUT2D eigenvalue weighted by atomic mass is 16.6. The van der Waals surface area contributed by atoms with E-state index in [1.54, 1.807) is 9.80 Å². The van der Waals surface area contributed by atoms with Gasteiger partial charge in [0, 0.05) is 13.1 Å². The van der Waals surface area contributed by atoms with Gasteiger partial charge in [-0.3, -0.25) is 9.80 Å². The molecule has 1 aromatic carbocycles. The summed E-state index contributed by atoms with van der Waals surface area (Å²) in [6.45, 7) is 12.7. The van der Waals surface area contributed by atoms with Crippen molar-refractivity contribution < 1.29 is 19.1 Å². The molecule has 3 aliphatic rings. The SMILES string of the molecule is CC(C)(C)OC(=O)N1CCC[C@H]1c1ncc(C2=CC=C(c3ccc(-c4cnc([C@@H]5CCCN5C(=O)OC(C)(C)C)[nH]4)cc3)CC2)[nH]1. The van der Waals surface area contributed by atoms with Gasteiger partial charge in [-0.1, -0.05) is 36.4 Å². The molecule has 2 fully saturated rings. The van der Waals surface area contributed by atoms with E-state index < -0.39 is 11.2 Å². The van der Waals surface area contributed by atoms with Gasteiger partial charge in [0.05, 0.1) is 35.9 Å². The average molecular weight is 627 g/mol. The Balaban J connectivity index is 1.10. The normalized spacial score (nSPS) is 20.5. The summed E-state index contributed by atoms with van der Waals surface area (Å²) in [7, 11) is 0. The Hall–Kier alpha value is -4.34. The largest absolute Gasteiger partial charge is 0.444 e. The van der Waals surface area contributed by atoms with Crippen LogP contribution in [0, 0.1) is 0 Å². The molecule has 2 amide bonds. The smallest absolute Gasteiger partial charge is 0.410 e. The molecule has 244 valence electrons. The van der Waals surface area contributed by atoms with Crippen LogP contribution in [0.1, 0.15) is 115 Å². The highest BCUT2D eigenvalue weighted by Gasteiger charge is 2.36. The summed E-state index contributed by atoms with van der Waals surface area (Å²) in [6, 6.07) is 8.35. The zero-order valence-electron chi connectivity index (χ0n) is 27.9. The molecule has 0 radical (unpaired) electrons. The highest BCUT2D eigenvalue weighted by molar-refractivity contribution is 5.78. The predicted octanol–water partition coefficient (Wildman–Crippen LogP) is 8.20. The molecule has 6 rings (SSSR count). The van der Waals surface area contributed by atoms with Crippen molar-refractivity contribution in [3.63, 3.8) is 0 Å². The number of hydrogen-bond acceptors (Lipinski definition) is 6. The third-order valence-corrected chi connectivity index (χ3v) is 8.65. The fraction of sp³-hybridized carbons (Fsp3) is 0.500. The molecule has 0 bridgehead atoms. The summed E-state index contributed by atoms with van der Waals surface area (Å²) in [4.78, 5) is 45.4. The Morgan fingerprint density at radius 1 is 0.696 bits per heavy atom. The van der Waals surface area contributed by atoms with Gasteiger partial charge >= 0.3 is 12.2 Å². The Morgan fingerprint density at radius 2 is 1.15 bits per heavy atom. The molecule has 10 heteroatoms. The Bertz CT molecular complexity index is 1640. The van der Waals surface area contributed by atoms with Crippen LogP contribution in [0.3, 0.4) is 0 Å². The topological polar surface area (TPSA) is 116 Å². The van der Waals surface area contributed by atoms with E-state index in [1.807, 2.05) is 53.9 Å². The minimum atomic E-state index is -0.532. The molecule has 3 aromatic rings. The summed E-state index contributed by atoms with van der Waals surface area (Å²) >= 11 is 0. The maximum Gasteiger partial charge on any atom is 0.410 e. The van der Waals surface area contributed by atoms with E-state index in [0.29, 0.717) is 13.1 Å². The van der Waals surface area contributed by atoms with Gasteiger partial charge in [0.25, 0.3) is 0 Å². The first kappa shape index (κ1) is 31.6. The molecule has 1 aliphatic carbocycles. The molecule has 2 N–H and O–H groups in total. The van der Waals surface area contributed by atoms with Crippen LogP contribution in [0.15, 0.2) is 48.8 Å². The van der Waals surface area contributed by atoms with E-state index in [2.05, 4.69) is 56.4 Å². The number of rotatable bonds is 5. The van der Waals surface area contributed by atoms with Gasteiger partial charge < -0.3 is 19.4 Å². The van der Waals surface area contributed by atoms with Crippen molar-refractivity contribution in [1.29, 1.82) is 0 Å². The van der Waals surface area contributed by atoms with Gasteiger partial charge in [0.15, 0.2) is 0 Å². The lowest BCUT2D eigenvalue weighted by Gasteiger charge is -2.27. The predicted molar refractivity (Wildman–Crippen MR) is 178 cm³/mol. The third-order valence-electron chi connectivity index (χ3n) is 8.65. The molecular weight excluding hydrogens is 580 g/mol. The summed E-state index contributed by atoms with van der Waals surface area (Å²) in [6.07, 6.45) is 12.9. The highest BCUT2D eigenvalue weighted by Crippen LogP contribution is 2.36. The van der Waals surface area contributed by atoms with Gasteiger partial charge in [-0.25, -0.2) is 19.6 Å². The standard InChI is InChI=1S/C36H46N6O4/c1-35(2,3)45-33(43)41-19-7-9-29(41)31-37-21-27(39-31)25-15-11-23(12-16-25)24-13-17-26(18-14-24)28-22-38-32(40-28)30-10-8-20-42(30)34(44)46-36(4,5)6/h11-13,15-17,21-22,29-30H,7-10,14,18-20H2,1-6H3,(H,37,39)(H,38,40)/t29-,30-/m0/s1. The first-order valence-electron chi connectivity index (χ1n) is 16.4. The van der Waals surface area contributed by atoms with Crippen LogP contribution in [0.4, 0.5) is 9.59 Å². The Morgan fingerprint density at radius 3 is 1.65 bits per heavy atom. The average Bonchev–Trinajstić information content (AvgIpc) is 3.82. The second kappa shape index (κ2) is 12.5. The van der Waals surface area contributed by atoms with E-state index in [4.69, 9.17) is 9.47 Å². The number of hydrogen-bond donors (Lipinski definition) is 2. The number of ether oxygens (including phenoxy) is 2. The van der Waals surface area contributed by atoms with Gasteiger partial charge in [-0.05, 0) is 102 Å². The molecule has 2 atom stereocenters. The number of nitrogens with zero attached hydrogens (tertiary/aromatic N) is 4. The summed E-state index contributed by atoms with van der Waals surface area (Å²) < 4.78 is 11.3. The van der Waals surface area contributed by atoms with Crippen molar-refractivity contribution in [2.24, 2.45) is 0 Å². The molecule has 2 aromatic heterocycles. The third kappa shape index (κ3) is 7.06. The van der Waals surface area contributed by atoms with Crippen LogP contribution in [0.2, 0.25) is 0 Å². The van der Waals surface area contributed by atoms with Crippen molar-refractivity contribution in [3.8, 4) is 11.3 Å². The van der Waals surface area contributed by atoms with Crippen LogP contribution in [-0.4, -0.2) is 66.2 Å². The molecule has 0 spiro atoms. The molecule has 0 saturated carbocycles. The number of aromatic amines is 2. The van der Waals surface area contributed by atoms with E-state index in [-0.39, 0.29) is 24.3 Å². The molecule has 0 unspecified atom stereocenters. The second-order valence-corrected chi connectivity index (χ2v) is 14.5. The molecular formula is C36H46N6O4. The van der Waals surface area contributed by atoms with E-state index in [1.165, 1.54) is 16.7 Å². The lowest BCUT2D eigenvalue weighted by atomic mass is 9.91. The summed E-state index contributed by atoms with van der Waals surface area (Å²) in [5.74, 6) is 1.61. The fourth-order valence-corrected chi connectivity index (χ4v) is 6.47. The number of imidazole rings is 2. The van der Waals surface area contributed by atoms with Crippen LogP contribution in [0.5, 0.6) is 0 Å². The number of likely N-dealkylation sites (tertiary alicyclic amines) is 2. The quantitative estimate of drug-likeness (QED) is 0.295. The number of allylic oxidation sites excluding steroid dienone is 4. The lowest BCUT2D eigenvalue weighted by molar-refractivity contribution is 0.0208. The number of amides is 2. The fourth-order valence-electron chi connectivity index (χ4n) is 6.47. The maximum atomic E-state index is 12.8. The first-order valence-corrected chi connectivity index (χ1v) is 16.4. The summed E-state index contributed by atoms with van der Waals surface area (Å²) in [5, 5.41) is 0. The van der Waals surface area contributed by atoms with Crippen LogP contribution >= 0.6 is 0 Å². The minimum Gasteiger partial charge on any atom is -0.444 e. The van der Waals surface area contributed by atoms with Gasteiger partial charge in [0.1, 0.15) is 22.9 Å². The van der Waals surface area contributed by atoms with Gasteiger partial charge in [0.2, 0.25) is 0 Å². The summed E-state index contributed by atoms with van der Waals surface area (Å²) in [5.41, 5.74) is 5.60. The second-order valence-electron chi connectivity index (χ2n) is 14.5. The Kier molecular flexibility index (Phi) is 8.56. The monoisotopic (exact) mass is 626 g/mol.